The number of ether oxygens (including phenoxy) is 2. The molecule has 14 heteroatoms. The Balaban J connectivity index is 2.90. The van der Waals surface area contributed by atoms with Crippen molar-refractivity contribution >= 4 is 29.3 Å². The van der Waals surface area contributed by atoms with Gasteiger partial charge < -0.3 is 15.2 Å². The summed E-state index contributed by atoms with van der Waals surface area (Å²) in [5, 5.41) is -0.932. The number of ketones is 1. The lowest BCUT2D eigenvalue weighted by atomic mass is 9.73. The fourth-order valence-corrected chi connectivity index (χ4v) is 3.68. The number of benzene rings is 1. The van der Waals surface area contributed by atoms with E-state index in [9.17, 15) is 40.7 Å². The van der Waals surface area contributed by atoms with Gasteiger partial charge in [0.05, 0.1) is 35.1 Å². The lowest BCUT2D eigenvalue weighted by Gasteiger charge is -2.33. The zero-order chi connectivity index (χ0) is 27.5. The highest BCUT2D eigenvalue weighted by Crippen LogP contribution is 2.40. The molecule has 0 saturated heterocycles. The number of aromatic nitrogens is 1. The van der Waals surface area contributed by atoms with E-state index in [0.717, 1.165) is 18.2 Å². The van der Waals surface area contributed by atoms with E-state index in [1.54, 1.807) is 0 Å². The van der Waals surface area contributed by atoms with Crippen molar-refractivity contribution in [2.24, 2.45) is 5.73 Å². The Hall–Kier alpha value is -3.19. The van der Waals surface area contributed by atoms with Gasteiger partial charge in [0.1, 0.15) is 6.04 Å². The molecule has 1 aromatic heterocycles. The van der Waals surface area contributed by atoms with Crippen molar-refractivity contribution in [3.05, 3.63) is 63.9 Å². The summed E-state index contributed by atoms with van der Waals surface area (Å²) in [7, 11) is 0. The fraction of sp³-hybridized carbons (Fsp3) is 0.364. The zero-order valence-corrected chi connectivity index (χ0v) is 19.4. The molecule has 2 N–H and O–H groups in total. The van der Waals surface area contributed by atoms with Gasteiger partial charge >= 0.3 is 24.3 Å². The van der Waals surface area contributed by atoms with Crippen molar-refractivity contribution in [1.82, 2.24) is 4.98 Å². The van der Waals surface area contributed by atoms with Gasteiger partial charge in [-0.2, -0.15) is 26.3 Å². The first kappa shape index (κ1) is 29.0. The number of hydrogen-bond donors (Lipinski definition) is 1. The lowest BCUT2D eigenvalue weighted by Crippen LogP contribution is -2.62. The maximum absolute atomic E-state index is 13.6. The van der Waals surface area contributed by atoms with Crippen LogP contribution in [0.5, 0.6) is 0 Å². The maximum atomic E-state index is 13.6. The van der Waals surface area contributed by atoms with E-state index in [0.29, 0.717) is 12.1 Å². The minimum Gasteiger partial charge on any atom is -0.465 e. The van der Waals surface area contributed by atoms with Crippen molar-refractivity contribution < 1.29 is 50.2 Å². The third-order valence-electron chi connectivity index (χ3n) is 4.98. The Kier molecular flexibility index (Phi) is 8.73. The molecule has 0 radical (unpaired) electrons. The molecule has 1 heterocycles. The summed E-state index contributed by atoms with van der Waals surface area (Å²) in [6.07, 6.45) is -9.75. The van der Waals surface area contributed by atoms with E-state index in [2.05, 4.69) is 4.98 Å². The van der Waals surface area contributed by atoms with Crippen LogP contribution in [-0.4, -0.2) is 42.0 Å². The average molecular weight is 541 g/mol. The predicted octanol–water partition coefficient (Wildman–Crippen LogP) is 4.35. The number of halogens is 7. The second kappa shape index (κ2) is 10.8. The third kappa shape index (κ3) is 5.46. The molecule has 2 rings (SSSR count). The van der Waals surface area contributed by atoms with E-state index >= 15 is 0 Å². The van der Waals surface area contributed by atoms with E-state index in [4.69, 9.17) is 26.8 Å². The summed E-state index contributed by atoms with van der Waals surface area (Å²) in [4.78, 5) is 43.1. The summed E-state index contributed by atoms with van der Waals surface area (Å²) >= 11 is 5.98. The van der Waals surface area contributed by atoms with Crippen molar-refractivity contribution in [2.45, 2.75) is 37.7 Å². The van der Waals surface area contributed by atoms with Gasteiger partial charge in [-0.25, -0.2) is 0 Å². The standard InChI is InChI=1S/C22H19ClF6N2O5/c1-3-35-18(33)20(19(34)36-4-2,17-14(23)9-11(10-31-17)21(24,25)26)16(30)15(32)12-7-5-6-8-13(12)22(27,28)29/h5-10,16H,3-4,30H2,1-2H3. The van der Waals surface area contributed by atoms with E-state index < -0.39 is 82.2 Å². The summed E-state index contributed by atoms with van der Waals surface area (Å²) in [5.41, 5.74) is -1.94. The van der Waals surface area contributed by atoms with Gasteiger partial charge in [0.2, 0.25) is 5.41 Å². The first-order valence-corrected chi connectivity index (χ1v) is 10.5. The minimum atomic E-state index is -5.03. The van der Waals surface area contributed by atoms with Gasteiger partial charge in [-0.05, 0) is 26.0 Å². The van der Waals surface area contributed by atoms with Gasteiger partial charge in [0, 0.05) is 11.8 Å². The molecule has 1 atom stereocenters. The molecule has 0 fully saturated rings. The Labute approximate surface area is 205 Å². The Morgan fingerprint density at radius 1 is 0.972 bits per heavy atom. The highest BCUT2D eigenvalue weighted by molar-refractivity contribution is 6.32. The summed E-state index contributed by atoms with van der Waals surface area (Å²) in [6.45, 7) is 1.75. The van der Waals surface area contributed by atoms with Gasteiger partial charge in [-0.15, -0.1) is 0 Å². The average Bonchev–Trinajstić information content (AvgIpc) is 2.79. The first-order valence-electron chi connectivity index (χ1n) is 10.2. The molecule has 0 spiro atoms. The number of nitrogens with zero attached hydrogens (tertiary/aromatic N) is 1. The van der Waals surface area contributed by atoms with Crippen molar-refractivity contribution in [1.29, 1.82) is 0 Å². The number of Topliss-reactive ketones (excluding diaryl/α,β-unsaturated/α-hetero) is 1. The molecule has 0 bridgehead atoms. The zero-order valence-electron chi connectivity index (χ0n) is 18.7. The van der Waals surface area contributed by atoms with E-state index in [-0.39, 0.29) is 6.20 Å². The number of nitrogens with two attached hydrogens (primary N) is 1. The van der Waals surface area contributed by atoms with Crippen molar-refractivity contribution in [3.63, 3.8) is 0 Å². The number of esters is 2. The second-order valence-corrected chi connectivity index (χ2v) is 7.59. The van der Waals surface area contributed by atoms with Crippen LogP contribution in [0.1, 0.15) is 41.0 Å². The normalized spacial score (nSPS) is 13.2. The molecule has 2 aromatic rings. The lowest BCUT2D eigenvalue weighted by molar-refractivity contribution is -0.165. The predicted molar refractivity (Wildman–Crippen MR) is 113 cm³/mol. The van der Waals surface area contributed by atoms with Gasteiger partial charge in [0.15, 0.2) is 5.78 Å². The summed E-state index contributed by atoms with van der Waals surface area (Å²) in [6, 6.07) is 1.21. The molecule has 7 nitrogen and oxygen atoms in total. The largest absolute Gasteiger partial charge is 0.465 e. The van der Waals surface area contributed by atoms with Crippen LogP contribution in [0.3, 0.4) is 0 Å². The number of alkyl halides is 6. The number of hydrogen-bond acceptors (Lipinski definition) is 7. The molecule has 0 aliphatic carbocycles. The summed E-state index contributed by atoms with van der Waals surface area (Å²) in [5.74, 6) is -4.78. The van der Waals surface area contributed by atoms with Crippen LogP contribution in [0.15, 0.2) is 36.5 Å². The monoisotopic (exact) mass is 540 g/mol. The molecule has 196 valence electrons. The number of pyridine rings is 1. The third-order valence-corrected chi connectivity index (χ3v) is 5.27. The first-order chi connectivity index (χ1) is 16.6. The van der Waals surface area contributed by atoms with Crippen molar-refractivity contribution in [2.75, 3.05) is 13.2 Å². The highest BCUT2D eigenvalue weighted by Gasteiger charge is 2.60. The Morgan fingerprint density at radius 3 is 1.94 bits per heavy atom. The molecular weight excluding hydrogens is 522 g/mol. The second-order valence-electron chi connectivity index (χ2n) is 7.19. The Morgan fingerprint density at radius 2 is 1.50 bits per heavy atom. The van der Waals surface area contributed by atoms with E-state index in [1.807, 2.05) is 0 Å². The van der Waals surface area contributed by atoms with Crippen LogP contribution in [0.4, 0.5) is 26.3 Å². The molecule has 1 unspecified atom stereocenters. The van der Waals surface area contributed by atoms with Gasteiger partial charge in [-0.1, -0.05) is 29.8 Å². The van der Waals surface area contributed by atoms with Crippen LogP contribution in [0, 0.1) is 0 Å². The minimum absolute atomic E-state index is 0.218. The molecule has 0 aliphatic heterocycles. The van der Waals surface area contributed by atoms with Gasteiger partial charge in [-0.3, -0.25) is 19.4 Å². The van der Waals surface area contributed by atoms with Gasteiger partial charge in [0.25, 0.3) is 0 Å². The molecule has 0 saturated carbocycles. The SMILES string of the molecule is CCOC(=O)C(C(=O)OCC)(c1ncc(C(F)(F)F)cc1Cl)C(N)C(=O)c1ccccc1C(F)(F)F. The molecule has 0 amide bonds. The van der Waals surface area contributed by atoms with Crippen molar-refractivity contribution in [3.8, 4) is 0 Å². The highest BCUT2D eigenvalue weighted by atomic mass is 35.5. The molecule has 0 aliphatic rings. The maximum Gasteiger partial charge on any atom is 0.417 e. The molecule has 36 heavy (non-hydrogen) atoms. The Bertz CT molecular complexity index is 1130. The van der Waals surface area contributed by atoms with Crippen LogP contribution in [-0.2, 0) is 36.8 Å². The number of carbonyl (C=O) groups excluding carboxylic acids is 3. The van der Waals surface area contributed by atoms with Crippen LogP contribution < -0.4 is 5.73 Å². The molecular formula is C22H19ClF6N2O5. The fourth-order valence-electron chi connectivity index (χ4n) is 3.36. The summed E-state index contributed by atoms with van der Waals surface area (Å²) < 4.78 is 89.9. The van der Waals surface area contributed by atoms with Crippen LogP contribution in [0.2, 0.25) is 5.02 Å². The number of carbonyl (C=O) groups is 3. The number of rotatable bonds is 8. The smallest absolute Gasteiger partial charge is 0.417 e. The van der Waals surface area contributed by atoms with Crippen LogP contribution >= 0.6 is 11.6 Å². The quantitative estimate of drug-likeness (QED) is 0.229. The topological polar surface area (TPSA) is 109 Å². The van der Waals surface area contributed by atoms with E-state index in [1.165, 1.54) is 13.8 Å². The molecule has 1 aromatic carbocycles. The van der Waals surface area contributed by atoms with Crippen LogP contribution in [0.25, 0.3) is 0 Å².